The average Bonchev–Trinajstić information content (AvgIpc) is 2.55. The highest BCUT2D eigenvalue weighted by molar-refractivity contribution is 5.81. The van der Waals surface area contributed by atoms with E-state index in [9.17, 15) is 22.8 Å². The van der Waals surface area contributed by atoms with Gasteiger partial charge >= 0.3 is 18.4 Å². The predicted octanol–water partition coefficient (Wildman–Crippen LogP) is 1.99. The lowest BCUT2D eigenvalue weighted by Crippen LogP contribution is -2.48. The summed E-state index contributed by atoms with van der Waals surface area (Å²) in [5, 5.41) is 9.00. The Bertz CT molecular complexity index is 391. The predicted molar refractivity (Wildman–Crippen MR) is 59.9 cm³/mol. The molecule has 116 valence electrons. The third-order valence-corrected chi connectivity index (χ3v) is 2.51. The highest BCUT2D eigenvalue weighted by atomic mass is 19.4. The summed E-state index contributed by atoms with van der Waals surface area (Å²) >= 11 is 0. The lowest BCUT2D eigenvalue weighted by atomic mass is 10.1. The van der Waals surface area contributed by atoms with E-state index in [0.29, 0.717) is 0 Å². The number of alkyl halides is 3. The second-order valence-corrected chi connectivity index (χ2v) is 5.35. The van der Waals surface area contributed by atoms with Gasteiger partial charge in [0, 0.05) is 6.54 Å². The Morgan fingerprint density at radius 1 is 1.25 bits per heavy atom. The Morgan fingerprint density at radius 3 is 2.20 bits per heavy atom. The van der Waals surface area contributed by atoms with Gasteiger partial charge in [-0.3, -0.25) is 9.64 Å². The van der Waals surface area contributed by atoms with Crippen molar-refractivity contribution in [2.75, 3.05) is 6.54 Å². The van der Waals surface area contributed by atoms with Gasteiger partial charge in [-0.05, 0) is 27.2 Å². The van der Waals surface area contributed by atoms with Crippen LogP contribution in [0.3, 0.4) is 0 Å². The summed E-state index contributed by atoms with van der Waals surface area (Å²) < 4.78 is 45.3. The molecule has 1 fully saturated rings. The van der Waals surface area contributed by atoms with Crippen LogP contribution in [0.5, 0.6) is 0 Å². The van der Waals surface area contributed by atoms with Crippen LogP contribution in [0, 0.1) is 0 Å². The molecule has 0 aromatic carbocycles. The minimum absolute atomic E-state index is 0.174. The number of ether oxygens (including phenoxy) is 2. The van der Waals surface area contributed by atoms with E-state index in [2.05, 4.69) is 4.74 Å². The maximum absolute atomic E-state index is 12.2. The molecule has 0 aromatic rings. The van der Waals surface area contributed by atoms with Crippen LogP contribution in [-0.4, -0.2) is 52.7 Å². The molecule has 9 heteroatoms. The highest BCUT2D eigenvalue weighted by Gasteiger charge is 2.48. The van der Waals surface area contributed by atoms with Gasteiger partial charge in [0.1, 0.15) is 5.60 Å². The van der Waals surface area contributed by atoms with Gasteiger partial charge in [-0.2, -0.15) is 0 Å². The molecule has 6 nitrogen and oxygen atoms in total. The summed E-state index contributed by atoms with van der Waals surface area (Å²) in [5.41, 5.74) is -0.872. The number of halogens is 3. The van der Waals surface area contributed by atoms with Crippen molar-refractivity contribution in [2.24, 2.45) is 0 Å². The normalized spacial score (nSPS) is 23.8. The molecule has 20 heavy (non-hydrogen) atoms. The topological polar surface area (TPSA) is 76.1 Å². The highest BCUT2D eigenvalue weighted by Crippen LogP contribution is 2.29. The van der Waals surface area contributed by atoms with Crippen molar-refractivity contribution in [3.05, 3.63) is 0 Å². The van der Waals surface area contributed by atoms with Crippen LogP contribution < -0.4 is 0 Å². The number of carboxylic acid groups (broad SMARTS) is 1. The zero-order valence-corrected chi connectivity index (χ0v) is 11.2. The molecule has 0 unspecified atom stereocenters. The quantitative estimate of drug-likeness (QED) is 0.844. The van der Waals surface area contributed by atoms with Gasteiger partial charge in [-0.25, -0.2) is 9.59 Å². The van der Waals surface area contributed by atoms with E-state index in [1.165, 1.54) is 0 Å². The van der Waals surface area contributed by atoms with E-state index in [4.69, 9.17) is 9.84 Å². The fraction of sp³-hybridized carbons (Fsp3) is 0.818. The van der Waals surface area contributed by atoms with Crippen molar-refractivity contribution < 1.29 is 37.3 Å². The van der Waals surface area contributed by atoms with Crippen LogP contribution in [0.15, 0.2) is 0 Å². The number of carbonyl (C=O) groups is 2. The summed E-state index contributed by atoms with van der Waals surface area (Å²) in [6.45, 7) is 4.54. The van der Waals surface area contributed by atoms with Crippen LogP contribution in [0.4, 0.5) is 18.0 Å². The molecule has 0 aromatic heterocycles. The van der Waals surface area contributed by atoms with E-state index in [-0.39, 0.29) is 13.0 Å². The molecule has 1 rings (SSSR count). The van der Waals surface area contributed by atoms with E-state index in [1.54, 1.807) is 20.8 Å². The van der Waals surface area contributed by atoms with Crippen molar-refractivity contribution in [3.63, 3.8) is 0 Å². The molecule has 0 radical (unpaired) electrons. The van der Waals surface area contributed by atoms with Crippen LogP contribution in [0.2, 0.25) is 0 Å². The van der Waals surface area contributed by atoms with Gasteiger partial charge in [-0.15, -0.1) is 13.2 Å². The Labute approximate surface area is 113 Å². The molecule has 0 saturated carbocycles. The number of aliphatic carboxylic acids is 1. The third kappa shape index (κ3) is 4.55. The lowest BCUT2D eigenvalue weighted by Gasteiger charge is -2.28. The van der Waals surface area contributed by atoms with Crippen LogP contribution in [0.25, 0.3) is 0 Å². The van der Waals surface area contributed by atoms with Gasteiger partial charge in [0.15, 0.2) is 6.04 Å². The minimum atomic E-state index is -4.96. The largest absolute Gasteiger partial charge is 0.522 e. The maximum Gasteiger partial charge on any atom is 0.522 e. The van der Waals surface area contributed by atoms with Gasteiger partial charge in [0.25, 0.3) is 0 Å². The van der Waals surface area contributed by atoms with Gasteiger partial charge < -0.3 is 9.84 Å². The van der Waals surface area contributed by atoms with Gasteiger partial charge in [0.2, 0.25) is 0 Å². The number of amides is 1. The molecular formula is C11H16F3NO5. The van der Waals surface area contributed by atoms with Crippen LogP contribution in [-0.2, 0) is 14.3 Å². The SMILES string of the molecule is CC(C)(C)OC(=O)N1CC[C@H](OC(F)(F)F)[C@H]1C(=O)O. The first kappa shape index (κ1) is 16.5. The number of hydrogen-bond acceptors (Lipinski definition) is 4. The van der Waals surface area contributed by atoms with Gasteiger partial charge in [-0.1, -0.05) is 0 Å². The first-order valence-electron chi connectivity index (χ1n) is 5.88. The zero-order valence-electron chi connectivity index (χ0n) is 11.2. The first-order chi connectivity index (χ1) is 8.91. The number of nitrogens with zero attached hydrogens (tertiary/aromatic N) is 1. The van der Waals surface area contributed by atoms with Crippen LogP contribution in [0.1, 0.15) is 27.2 Å². The molecule has 1 aliphatic heterocycles. The smallest absolute Gasteiger partial charge is 0.480 e. The number of likely N-dealkylation sites (tertiary alicyclic amines) is 1. The van der Waals surface area contributed by atoms with Crippen molar-refractivity contribution in [3.8, 4) is 0 Å². The first-order valence-corrected chi connectivity index (χ1v) is 5.88. The number of carboxylic acids is 1. The van der Waals surface area contributed by atoms with Crippen molar-refractivity contribution in [2.45, 2.75) is 51.3 Å². The van der Waals surface area contributed by atoms with E-state index < -0.39 is 36.2 Å². The van der Waals surface area contributed by atoms with E-state index in [0.717, 1.165) is 4.90 Å². The molecule has 1 aliphatic rings. The zero-order chi connectivity index (χ0) is 15.7. The molecule has 1 saturated heterocycles. The fourth-order valence-electron chi connectivity index (χ4n) is 1.88. The average molecular weight is 299 g/mol. The molecule has 1 N–H and O–H groups in total. The number of carbonyl (C=O) groups excluding carboxylic acids is 1. The Hall–Kier alpha value is -1.51. The molecule has 2 atom stereocenters. The Balaban J connectivity index is 2.83. The second-order valence-electron chi connectivity index (χ2n) is 5.35. The fourth-order valence-corrected chi connectivity index (χ4v) is 1.88. The second kappa shape index (κ2) is 5.47. The third-order valence-electron chi connectivity index (χ3n) is 2.51. The van der Waals surface area contributed by atoms with E-state index in [1.807, 2.05) is 0 Å². The van der Waals surface area contributed by atoms with Gasteiger partial charge in [0.05, 0.1) is 6.10 Å². The number of rotatable bonds is 2. The summed E-state index contributed by atoms with van der Waals surface area (Å²) in [4.78, 5) is 23.6. The number of hydrogen-bond donors (Lipinski definition) is 1. The molecule has 1 amide bonds. The minimum Gasteiger partial charge on any atom is -0.480 e. The van der Waals surface area contributed by atoms with E-state index >= 15 is 0 Å². The molecule has 0 aliphatic carbocycles. The Morgan fingerprint density at radius 2 is 1.80 bits per heavy atom. The Kier molecular flexibility index (Phi) is 4.52. The van der Waals surface area contributed by atoms with Crippen molar-refractivity contribution >= 4 is 12.1 Å². The monoisotopic (exact) mass is 299 g/mol. The molecule has 1 heterocycles. The maximum atomic E-state index is 12.2. The summed E-state index contributed by atoms with van der Waals surface area (Å²) in [6, 6.07) is -1.72. The van der Waals surface area contributed by atoms with Crippen molar-refractivity contribution in [1.29, 1.82) is 0 Å². The van der Waals surface area contributed by atoms with Crippen molar-refractivity contribution in [1.82, 2.24) is 4.90 Å². The molecule has 0 bridgehead atoms. The molecule has 0 spiro atoms. The standard InChI is InChI=1S/C11H16F3NO5/c1-10(2,3)20-9(18)15-5-4-6(7(15)8(16)17)19-11(12,13)14/h6-7H,4-5H2,1-3H3,(H,16,17)/t6-,7-/m0/s1. The molecular weight excluding hydrogens is 283 g/mol. The summed E-state index contributed by atoms with van der Waals surface area (Å²) in [5.74, 6) is -1.57. The summed E-state index contributed by atoms with van der Waals surface area (Å²) in [7, 11) is 0. The summed E-state index contributed by atoms with van der Waals surface area (Å²) in [6.07, 6.45) is -7.80. The van der Waals surface area contributed by atoms with Crippen LogP contribution >= 0.6 is 0 Å². The lowest BCUT2D eigenvalue weighted by molar-refractivity contribution is -0.343.